The van der Waals surface area contributed by atoms with E-state index in [0.717, 1.165) is 5.56 Å². The molecule has 2 aromatic carbocycles. The third-order valence-corrected chi connectivity index (χ3v) is 3.82. The van der Waals surface area contributed by atoms with Crippen molar-refractivity contribution in [3.8, 4) is 0 Å². The average Bonchev–Trinajstić information content (AvgIpc) is 2.42. The van der Waals surface area contributed by atoms with Gasteiger partial charge in [0.05, 0.1) is 0 Å². The van der Waals surface area contributed by atoms with Crippen molar-refractivity contribution >= 4 is 23.2 Å². The van der Waals surface area contributed by atoms with E-state index in [1.165, 1.54) is 18.2 Å². The molecule has 21 heavy (non-hydrogen) atoms. The highest BCUT2D eigenvalue weighted by Gasteiger charge is 2.12. The standard InChI is InChI=1S/C16H15Cl2F2N/c1-10(7-13-15(19)3-2-4-16(13)20)21-9-11-5-6-12(17)8-14(11)18/h2-6,8,10,21H,7,9H2,1H3. The molecule has 0 aliphatic rings. The van der Waals surface area contributed by atoms with E-state index in [-0.39, 0.29) is 18.0 Å². The second kappa shape index (κ2) is 7.21. The average molecular weight is 330 g/mol. The van der Waals surface area contributed by atoms with E-state index >= 15 is 0 Å². The van der Waals surface area contributed by atoms with E-state index < -0.39 is 11.6 Å². The summed E-state index contributed by atoms with van der Waals surface area (Å²) in [6.07, 6.45) is 0.268. The molecule has 2 aromatic rings. The Morgan fingerprint density at radius 2 is 1.76 bits per heavy atom. The molecule has 0 amide bonds. The van der Waals surface area contributed by atoms with Crippen LogP contribution in [-0.2, 0) is 13.0 Å². The van der Waals surface area contributed by atoms with Crippen LogP contribution in [0.25, 0.3) is 0 Å². The van der Waals surface area contributed by atoms with Crippen molar-refractivity contribution in [2.45, 2.75) is 25.9 Å². The maximum absolute atomic E-state index is 13.6. The van der Waals surface area contributed by atoms with Gasteiger partial charge in [0.1, 0.15) is 11.6 Å². The van der Waals surface area contributed by atoms with Gasteiger partial charge in [0.2, 0.25) is 0 Å². The van der Waals surface area contributed by atoms with E-state index in [0.29, 0.717) is 16.6 Å². The zero-order chi connectivity index (χ0) is 15.4. The number of hydrogen-bond donors (Lipinski definition) is 1. The summed E-state index contributed by atoms with van der Waals surface area (Å²) in [5, 5.41) is 4.34. The summed E-state index contributed by atoms with van der Waals surface area (Å²) in [6, 6.07) is 9.05. The van der Waals surface area contributed by atoms with Crippen molar-refractivity contribution in [1.29, 1.82) is 0 Å². The third-order valence-electron chi connectivity index (χ3n) is 3.23. The molecule has 0 aliphatic carbocycles. The van der Waals surface area contributed by atoms with Gasteiger partial charge in [0.25, 0.3) is 0 Å². The quantitative estimate of drug-likeness (QED) is 0.814. The highest BCUT2D eigenvalue weighted by Crippen LogP contribution is 2.21. The first kappa shape index (κ1) is 16.2. The van der Waals surface area contributed by atoms with E-state index in [9.17, 15) is 8.78 Å². The van der Waals surface area contributed by atoms with Crippen molar-refractivity contribution in [2.24, 2.45) is 0 Å². The van der Waals surface area contributed by atoms with Crippen LogP contribution >= 0.6 is 23.2 Å². The number of rotatable bonds is 5. The van der Waals surface area contributed by atoms with Crippen LogP contribution in [0.5, 0.6) is 0 Å². The number of hydrogen-bond acceptors (Lipinski definition) is 1. The Balaban J connectivity index is 1.97. The van der Waals surface area contributed by atoms with Crippen LogP contribution < -0.4 is 5.32 Å². The highest BCUT2D eigenvalue weighted by molar-refractivity contribution is 6.35. The second-order valence-electron chi connectivity index (χ2n) is 4.92. The fourth-order valence-electron chi connectivity index (χ4n) is 2.05. The normalized spacial score (nSPS) is 12.4. The van der Waals surface area contributed by atoms with E-state index in [4.69, 9.17) is 23.2 Å². The fraction of sp³-hybridized carbons (Fsp3) is 0.250. The first-order valence-electron chi connectivity index (χ1n) is 6.57. The van der Waals surface area contributed by atoms with Crippen LogP contribution in [-0.4, -0.2) is 6.04 Å². The lowest BCUT2D eigenvalue weighted by molar-refractivity contribution is 0.499. The van der Waals surface area contributed by atoms with Crippen LogP contribution in [0.15, 0.2) is 36.4 Å². The summed E-state index contributed by atoms with van der Waals surface area (Å²) in [5.41, 5.74) is 0.988. The summed E-state index contributed by atoms with van der Waals surface area (Å²) >= 11 is 11.9. The monoisotopic (exact) mass is 329 g/mol. The van der Waals surface area contributed by atoms with E-state index in [1.54, 1.807) is 12.1 Å². The number of halogens is 4. The topological polar surface area (TPSA) is 12.0 Å². The van der Waals surface area contributed by atoms with Gasteiger partial charge in [0.15, 0.2) is 0 Å². The second-order valence-corrected chi connectivity index (χ2v) is 5.77. The summed E-state index contributed by atoms with van der Waals surface area (Å²) in [5.74, 6) is -1.04. The molecule has 0 saturated carbocycles. The Morgan fingerprint density at radius 3 is 2.38 bits per heavy atom. The minimum Gasteiger partial charge on any atom is -0.310 e. The summed E-state index contributed by atoms with van der Waals surface area (Å²) in [4.78, 5) is 0. The molecule has 112 valence electrons. The Bertz CT molecular complexity index is 611. The van der Waals surface area contributed by atoms with Gasteiger partial charge in [-0.15, -0.1) is 0 Å². The predicted octanol–water partition coefficient (Wildman–Crippen LogP) is 4.99. The molecule has 0 bridgehead atoms. The maximum Gasteiger partial charge on any atom is 0.129 e. The lowest BCUT2D eigenvalue weighted by Crippen LogP contribution is -2.28. The van der Waals surface area contributed by atoms with Gasteiger partial charge in [-0.2, -0.15) is 0 Å². The smallest absolute Gasteiger partial charge is 0.129 e. The molecule has 2 rings (SSSR count). The van der Waals surface area contributed by atoms with Crippen LogP contribution in [0.3, 0.4) is 0 Å². The summed E-state index contributed by atoms with van der Waals surface area (Å²) in [6.45, 7) is 2.38. The minimum atomic E-state index is -0.520. The van der Waals surface area contributed by atoms with Gasteiger partial charge in [0, 0.05) is 28.2 Å². The molecule has 1 nitrogen and oxygen atoms in total. The summed E-state index contributed by atoms with van der Waals surface area (Å²) in [7, 11) is 0. The Hall–Kier alpha value is -1.16. The Labute approximate surface area is 132 Å². The number of nitrogens with one attached hydrogen (secondary N) is 1. The molecule has 0 spiro atoms. The molecular weight excluding hydrogens is 315 g/mol. The number of benzene rings is 2. The van der Waals surface area contributed by atoms with Crippen LogP contribution in [0.4, 0.5) is 8.78 Å². The SMILES string of the molecule is CC(Cc1c(F)cccc1F)NCc1ccc(Cl)cc1Cl. The highest BCUT2D eigenvalue weighted by atomic mass is 35.5. The first-order chi connectivity index (χ1) is 9.97. The lowest BCUT2D eigenvalue weighted by Gasteiger charge is -2.15. The summed E-state index contributed by atoms with van der Waals surface area (Å²) < 4.78 is 27.2. The molecule has 5 heteroatoms. The van der Waals surface area contributed by atoms with Gasteiger partial charge < -0.3 is 5.32 Å². The Kier molecular flexibility index (Phi) is 5.57. The zero-order valence-electron chi connectivity index (χ0n) is 11.5. The van der Waals surface area contributed by atoms with Gasteiger partial charge >= 0.3 is 0 Å². The first-order valence-corrected chi connectivity index (χ1v) is 7.33. The van der Waals surface area contributed by atoms with Gasteiger partial charge in [-0.3, -0.25) is 0 Å². The van der Waals surface area contributed by atoms with E-state index in [2.05, 4.69) is 5.32 Å². The predicted molar refractivity (Wildman–Crippen MR) is 82.8 cm³/mol. The molecule has 0 radical (unpaired) electrons. The van der Waals surface area contributed by atoms with E-state index in [1.807, 2.05) is 13.0 Å². The molecule has 1 unspecified atom stereocenters. The van der Waals surface area contributed by atoms with Crippen molar-refractivity contribution in [2.75, 3.05) is 0 Å². The minimum absolute atomic E-state index is 0.0943. The van der Waals surface area contributed by atoms with Crippen molar-refractivity contribution in [1.82, 2.24) is 5.32 Å². The van der Waals surface area contributed by atoms with Crippen molar-refractivity contribution in [3.63, 3.8) is 0 Å². The fourth-order valence-corrected chi connectivity index (χ4v) is 2.53. The van der Waals surface area contributed by atoms with Gasteiger partial charge in [-0.1, -0.05) is 35.3 Å². The van der Waals surface area contributed by atoms with Crippen LogP contribution in [0, 0.1) is 11.6 Å². The maximum atomic E-state index is 13.6. The molecular formula is C16H15Cl2F2N. The van der Waals surface area contributed by atoms with Crippen LogP contribution in [0.1, 0.15) is 18.1 Å². The lowest BCUT2D eigenvalue weighted by atomic mass is 10.1. The van der Waals surface area contributed by atoms with Crippen molar-refractivity contribution in [3.05, 3.63) is 69.2 Å². The molecule has 0 aromatic heterocycles. The van der Waals surface area contributed by atoms with Crippen LogP contribution in [0.2, 0.25) is 10.0 Å². The molecule has 0 saturated heterocycles. The van der Waals surface area contributed by atoms with Crippen molar-refractivity contribution < 1.29 is 8.78 Å². The zero-order valence-corrected chi connectivity index (χ0v) is 13.0. The van der Waals surface area contributed by atoms with Gasteiger partial charge in [-0.25, -0.2) is 8.78 Å². The largest absolute Gasteiger partial charge is 0.310 e. The molecule has 1 atom stereocenters. The molecule has 0 fully saturated rings. The molecule has 0 aliphatic heterocycles. The molecule has 0 heterocycles. The van der Waals surface area contributed by atoms with Gasteiger partial charge in [-0.05, 0) is 43.2 Å². The molecule has 1 N–H and O–H groups in total. The Morgan fingerprint density at radius 1 is 1.10 bits per heavy atom. The third kappa shape index (κ3) is 4.40.